The molecule has 0 saturated carbocycles. The lowest BCUT2D eigenvalue weighted by molar-refractivity contribution is -0.166. The molecule has 1 heterocycles. The quantitative estimate of drug-likeness (QED) is 0.573. The number of amides is 2. The van der Waals surface area contributed by atoms with Gasteiger partial charge < -0.3 is 20.1 Å². The number of aliphatic carboxylic acids is 1. The molecule has 0 aromatic heterocycles. The fraction of sp³-hybridized carbons (Fsp3) is 0.444. The van der Waals surface area contributed by atoms with Crippen LogP contribution in [-0.4, -0.2) is 53.7 Å². The number of nitrogens with zero attached hydrogens (tertiary/aromatic N) is 1. The topological polar surface area (TPSA) is 95.9 Å². The van der Waals surface area contributed by atoms with Gasteiger partial charge in [0.1, 0.15) is 12.0 Å². The van der Waals surface area contributed by atoms with Gasteiger partial charge in [0.25, 0.3) is 0 Å². The van der Waals surface area contributed by atoms with E-state index in [1.807, 2.05) is 38.1 Å². The van der Waals surface area contributed by atoms with Gasteiger partial charge in [-0.05, 0) is 48.4 Å². The number of carbonyl (C=O) groups excluding carboxylic acids is 2. The average molecular weight is 465 g/mol. The van der Waals surface area contributed by atoms with Crippen LogP contribution in [0.3, 0.4) is 0 Å². The molecule has 2 amide bonds. The second-order valence-corrected chi connectivity index (χ2v) is 9.45. The van der Waals surface area contributed by atoms with E-state index in [0.29, 0.717) is 25.7 Å². The van der Waals surface area contributed by atoms with Crippen molar-refractivity contribution in [2.24, 2.45) is 5.41 Å². The normalized spacial score (nSPS) is 16.7. The van der Waals surface area contributed by atoms with E-state index in [2.05, 4.69) is 29.6 Å². The Labute approximate surface area is 200 Å². The molecular formula is C27H32N2O5. The molecule has 2 aliphatic rings. The maximum absolute atomic E-state index is 12.4. The molecule has 1 aliphatic heterocycles. The highest BCUT2D eigenvalue weighted by atomic mass is 16.5. The second kappa shape index (κ2) is 9.87. The first-order valence-corrected chi connectivity index (χ1v) is 12.0. The Hall–Kier alpha value is -3.35. The number of ether oxygens (including phenoxy) is 1. The van der Waals surface area contributed by atoms with E-state index in [1.54, 1.807) is 4.90 Å². The molecule has 1 fully saturated rings. The largest absolute Gasteiger partial charge is 0.481 e. The predicted octanol–water partition coefficient (Wildman–Crippen LogP) is 4.41. The number of rotatable bonds is 9. The Balaban J connectivity index is 1.20. The molecule has 0 spiro atoms. The number of carboxylic acid groups (broad SMARTS) is 1. The van der Waals surface area contributed by atoms with Crippen LogP contribution < -0.4 is 5.32 Å². The molecule has 1 aliphatic carbocycles. The van der Waals surface area contributed by atoms with Crippen molar-refractivity contribution in [3.63, 3.8) is 0 Å². The molecule has 7 nitrogen and oxygen atoms in total. The molecule has 0 radical (unpaired) electrons. The van der Waals surface area contributed by atoms with Crippen LogP contribution in [0.15, 0.2) is 48.5 Å². The lowest BCUT2D eigenvalue weighted by atomic mass is 9.77. The minimum atomic E-state index is -0.833. The Morgan fingerprint density at radius 3 is 2.24 bits per heavy atom. The summed E-state index contributed by atoms with van der Waals surface area (Å²) in [5, 5.41) is 12.2. The molecule has 2 N–H and O–H groups in total. The average Bonchev–Trinajstić information content (AvgIpc) is 3.11. The van der Waals surface area contributed by atoms with Gasteiger partial charge in [0, 0.05) is 31.5 Å². The summed E-state index contributed by atoms with van der Waals surface area (Å²) in [4.78, 5) is 37.7. The summed E-state index contributed by atoms with van der Waals surface area (Å²) in [6, 6.07) is 16.3. The summed E-state index contributed by atoms with van der Waals surface area (Å²) in [5.74, 6) is -0.845. The fourth-order valence-corrected chi connectivity index (χ4v) is 5.00. The van der Waals surface area contributed by atoms with Crippen molar-refractivity contribution >= 4 is 18.0 Å². The molecule has 1 atom stereocenters. The van der Waals surface area contributed by atoms with Gasteiger partial charge >= 0.3 is 12.1 Å². The number of carboxylic acids is 1. The number of carbonyl (C=O) groups is 3. The van der Waals surface area contributed by atoms with Gasteiger partial charge in [0.2, 0.25) is 5.91 Å². The minimum Gasteiger partial charge on any atom is -0.481 e. The molecule has 1 unspecified atom stereocenters. The van der Waals surface area contributed by atoms with Crippen LogP contribution in [0.25, 0.3) is 11.1 Å². The van der Waals surface area contributed by atoms with Crippen LogP contribution in [0.1, 0.15) is 56.6 Å². The number of likely N-dealkylation sites (tertiary alicyclic amines) is 1. The van der Waals surface area contributed by atoms with E-state index in [9.17, 15) is 19.5 Å². The standard InChI is InChI=1S/C27H32N2O5/c1-3-27(25(31)32)16-29(17-27)24(30)14-8-9-18(2)28-26(33)34-15-23-21-12-6-4-10-19(21)20-11-5-7-13-22(20)23/h4-7,10-13,18,23H,3,8-9,14-17H2,1-2H3,(H,28,33)(H,31,32). The van der Waals surface area contributed by atoms with Crippen LogP contribution in [0, 0.1) is 5.41 Å². The van der Waals surface area contributed by atoms with Gasteiger partial charge in [-0.2, -0.15) is 0 Å². The van der Waals surface area contributed by atoms with Crippen molar-refractivity contribution in [1.29, 1.82) is 0 Å². The van der Waals surface area contributed by atoms with Gasteiger partial charge in [0.15, 0.2) is 0 Å². The van der Waals surface area contributed by atoms with Crippen LogP contribution in [-0.2, 0) is 14.3 Å². The predicted molar refractivity (Wildman–Crippen MR) is 128 cm³/mol. The highest BCUT2D eigenvalue weighted by Gasteiger charge is 2.49. The van der Waals surface area contributed by atoms with E-state index in [0.717, 1.165) is 0 Å². The molecule has 180 valence electrons. The van der Waals surface area contributed by atoms with E-state index in [-0.39, 0.29) is 37.6 Å². The van der Waals surface area contributed by atoms with Crippen molar-refractivity contribution in [3.8, 4) is 11.1 Å². The number of alkyl carbamates (subject to hydrolysis) is 1. The monoisotopic (exact) mass is 464 g/mol. The third-order valence-electron chi connectivity index (χ3n) is 7.21. The maximum Gasteiger partial charge on any atom is 0.407 e. The Morgan fingerprint density at radius 2 is 1.68 bits per heavy atom. The first kappa shape index (κ1) is 23.8. The minimum absolute atomic E-state index is 0.0173. The van der Waals surface area contributed by atoms with E-state index in [4.69, 9.17) is 4.74 Å². The molecular weight excluding hydrogens is 432 g/mol. The zero-order valence-corrected chi connectivity index (χ0v) is 19.8. The first-order valence-electron chi connectivity index (χ1n) is 12.0. The summed E-state index contributed by atoms with van der Waals surface area (Å²) >= 11 is 0. The molecule has 7 heteroatoms. The third-order valence-corrected chi connectivity index (χ3v) is 7.21. The zero-order valence-electron chi connectivity index (χ0n) is 19.8. The number of nitrogens with one attached hydrogen (secondary N) is 1. The first-order chi connectivity index (χ1) is 16.3. The van der Waals surface area contributed by atoms with E-state index >= 15 is 0 Å². The molecule has 34 heavy (non-hydrogen) atoms. The van der Waals surface area contributed by atoms with Crippen LogP contribution in [0.5, 0.6) is 0 Å². The second-order valence-electron chi connectivity index (χ2n) is 9.45. The van der Waals surface area contributed by atoms with Gasteiger partial charge in [-0.15, -0.1) is 0 Å². The van der Waals surface area contributed by atoms with Gasteiger partial charge in [-0.1, -0.05) is 55.5 Å². The Bertz CT molecular complexity index is 1030. The summed E-state index contributed by atoms with van der Waals surface area (Å²) < 4.78 is 5.58. The van der Waals surface area contributed by atoms with E-state index < -0.39 is 17.5 Å². The Kier molecular flexibility index (Phi) is 6.91. The SMILES string of the molecule is CCC1(C(=O)O)CN(C(=O)CCCC(C)NC(=O)OCC2c3ccccc3-c3ccccc32)C1. The van der Waals surface area contributed by atoms with Gasteiger partial charge in [-0.25, -0.2) is 4.79 Å². The smallest absolute Gasteiger partial charge is 0.407 e. The Morgan fingerprint density at radius 1 is 1.09 bits per heavy atom. The van der Waals surface area contributed by atoms with Gasteiger partial charge in [0.05, 0.1) is 0 Å². The molecule has 1 saturated heterocycles. The highest BCUT2D eigenvalue weighted by molar-refractivity contribution is 5.83. The third kappa shape index (κ3) is 4.65. The van der Waals surface area contributed by atoms with Crippen LogP contribution >= 0.6 is 0 Å². The van der Waals surface area contributed by atoms with Crippen molar-refractivity contribution in [2.45, 2.75) is 51.5 Å². The van der Waals surface area contributed by atoms with Crippen molar-refractivity contribution in [2.75, 3.05) is 19.7 Å². The molecule has 0 bridgehead atoms. The van der Waals surface area contributed by atoms with Gasteiger partial charge in [-0.3, -0.25) is 9.59 Å². The molecule has 2 aromatic carbocycles. The van der Waals surface area contributed by atoms with Crippen molar-refractivity contribution in [3.05, 3.63) is 59.7 Å². The molecule has 4 rings (SSSR count). The van der Waals surface area contributed by atoms with Crippen LogP contribution in [0.2, 0.25) is 0 Å². The fourth-order valence-electron chi connectivity index (χ4n) is 5.00. The summed E-state index contributed by atoms with van der Waals surface area (Å²) in [6.07, 6.45) is 1.66. The lowest BCUT2D eigenvalue weighted by Crippen LogP contribution is -2.61. The van der Waals surface area contributed by atoms with Crippen LogP contribution in [0.4, 0.5) is 4.79 Å². The molecule has 2 aromatic rings. The lowest BCUT2D eigenvalue weighted by Gasteiger charge is -2.46. The highest BCUT2D eigenvalue weighted by Crippen LogP contribution is 2.44. The van der Waals surface area contributed by atoms with Crippen molar-refractivity contribution in [1.82, 2.24) is 10.2 Å². The number of hydrogen-bond acceptors (Lipinski definition) is 4. The number of fused-ring (bicyclic) bond motifs is 3. The number of benzene rings is 2. The summed E-state index contributed by atoms with van der Waals surface area (Å²) in [5.41, 5.74) is 3.93. The van der Waals surface area contributed by atoms with Crippen molar-refractivity contribution < 1.29 is 24.2 Å². The maximum atomic E-state index is 12.4. The zero-order chi connectivity index (χ0) is 24.3. The summed E-state index contributed by atoms with van der Waals surface area (Å²) in [7, 11) is 0. The summed E-state index contributed by atoms with van der Waals surface area (Å²) in [6.45, 7) is 4.56. The number of hydrogen-bond donors (Lipinski definition) is 2. The van der Waals surface area contributed by atoms with E-state index in [1.165, 1.54) is 22.3 Å².